The summed E-state index contributed by atoms with van der Waals surface area (Å²) in [5.74, 6) is 0.431. The van der Waals surface area contributed by atoms with Crippen LogP contribution < -0.4 is 0 Å². The number of piperidine rings is 1. The van der Waals surface area contributed by atoms with Gasteiger partial charge in [0.05, 0.1) is 5.52 Å². The summed E-state index contributed by atoms with van der Waals surface area (Å²) in [5, 5.41) is 6.11. The SMILES string of the molecule is Cn1nc(C(=O)C=CC2CCN(Cc3ccc(Cl)cc3)CC2)c2ccccc21. The summed E-state index contributed by atoms with van der Waals surface area (Å²) >= 11 is 5.96. The number of para-hydroxylation sites is 1. The molecule has 28 heavy (non-hydrogen) atoms. The van der Waals surface area contributed by atoms with Crippen molar-refractivity contribution in [1.29, 1.82) is 0 Å². The highest BCUT2D eigenvalue weighted by Crippen LogP contribution is 2.22. The minimum atomic E-state index is -0.0135. The lowest BCUT2D eigenvalue weighted by Gasteiger charge is -2.30. The Morgan fingerprint density at radius 2 is 1.86 bits per heavy atom. The summed E-state index contributed by atoms with van der Waals surface area (Å²) in [6, 6.07) is 15.9. The number of aromatic nitrogens is 2. The Balaban J connectivity index is 1.34. The second-order valence-electron chi connectivity index (χ2n) is 7.45. The normalized spacial score (nSPS) is 16.2. The highest BCUT2D eigenvalue weighted by atomic mass is 35.5. The minimum Gasteiger partial charge on any atom is -0.299 e. The first kappa shape index (κ1) is 18.9. The molecule has 2 heterocycles. The van der Waals surface area contributed by atoms with Crippen molar-refractivity contribution in [3.8, 4) is 0 Å². The first-order valence-corrected chi connectivity index (χ1v) is 10.1. The molecule has 0 amide bonds. The van der Waals surface area contributed by atoms with Gasteiger partial charge in [0.1, 0.15) is 5.69 Å². The van der Waals surface area contributed by atoms with Crippen molar-refractivity contribution in [1.82, 2.24) is 14.7 Å². The first-order chi connectivity index (χ1) is 13.6. The zero-order valence-corrected chi connectivity index (χ0v) is 16.8. The maximum Gasteiger partial charge on any atom is 0.206 e. The molecule has 1 saturated heterocycles. The van der Waals surface area contributed by atoms with Crippen LogP contribution in [0.25, 0.3) is 10.9 Å². The van der Waals surface area contributed by atoms with E-state index in [0.717, 1.165) is 48.4 Å². The van der Waals surface area contributed by atoms with Crippen molar-refractivity contribution in [2.24, 2.45) is 13.0 Å². The number of fused-ring (bicyclic) bond motifs is 1. The summed E-state index contributed by atoms with van der Waals surface area (Å²) in [4.78, 5) is 15.1. The summed E-state index contributed by atoms with van der Waals surface area (Å²) in [5.41, 5.74) is 2.81. The van der Waals surface area contributed by atoms with Gasteiger partial charge in [0.2, 0.25) is 5.78 Å². The van der Waals surface area contributed by atoms with Crippen LogP contribution in [0.2, 0.25) is 5.02 Å². The topological polar surface area (TPSA) is 38.1 Å². The lowest BCUT2D eigenvalue weighted by molar-refractivity contribution is 0.104. The monoisotopic (exact) mass is 393 g/mol. The summed E-state index contributed by atoms with van der Waals surface area (Å²) in [6.07, 6.45) is 5.93. The molecule has 0 N–H and O–H groups in total. The van der Waals surface area contributed by atoms with Crippen molar-refractivity contribution >= 4 is 28.3 Å². The fourth-order valence-corrected chi connectivity index (χ4v) is 3.98. The summed E-state index contributed by atoms with van der Waals surface area (Å²) in [7, 11) is 1.87. The molecule has 144 valence electrons. The number of rotatable bonds is 5. The number of hydrogen-bond acceptors (Lipinski definition) is 3. The molecule has 0 spiro atoms. The van der Waals surface area contributed by atoms with Gasteiger partial charge in [-0.2, -0.15) is 5.10 Å². The van der Waals surface area contributed by atoms with E-state index in [1.165, 1.54) is 5.56 Å². The Bertz CT molecular complexity index is 998. The number of hydrogen-bond donors (Lipinski definition) is 0. The van der Waals surface area contributed by atoms with E-state index in [0.29, 0.717) is 11.6 Å². The Morgan fingerprint density at radius 3 is 2.61 bits per heavy atom. The van der Waals surface area contributed by atoms with E-state index in [1.54, 1.807) is 10.8 Å². The Morgan fingerprint density at radius 1 is 1.14 bits per heavy atom. The van der Waals surface area contributed by atoms with Crippen molar-refractivity contribution in [3.63, 3.8) is 0 Å². The van der Waals surface area contributed by atoms with E-state index in [9.17, 15) is 4.79 Å². The lowest BCUT2D eigenvalue weighted by atomic mass is 9.95. The second-order valence-corrected chi connectivity index (χ2v) is 7.89. The zero-order valence-electron chi connectivity index (χ0n) is 16.0. The smallest absolute Gasteiger partial charge is 0.206 e. The van der Waals surface area contributed by atoms with Crippen LogP contribution in [0.1, 0.15) is 28.9 Å². The van der Waals surface area contributed by atoms with E-state index >= 15 is 0 Å². The lowest BCUT2D eigenvalue weighted by Crippen LogP contribution is -2.32. The number of benzene rings is 2. The van der Waals surface area contributed by atoms with Crippen LogP contribution in [0.15, 0.2) is 60.7 Å². The number of allylic oxidation sites excluding steroid dienone is 2. The van der Waals surface area contributed by atoms with Gasteiger partial charge in [0.25, 0.3) is 0 Å². The summed E-state index contributed by atoms with van der Waals surface area (Å²) in [6.45, 7) is 3.03. The molecule has 1 fully saturated rings. The first-order valence-electron chi connectivity index (χ1n) is 9.71. The number of halogens is 1. The minimum absolute atomic E-state index is 0.0135. The van der Waals surface area contributed by atoms with Crippen LogP contribution in [0.5, 0.6) is 0 Å². The van der Waals surface area contributed by atoms with Gasteiger partial charge in [-0.3, -0.25) is 14.4 Å². The molecule has 1 aromatic heterocycles. The van der Waals surface area contributed by atoms with Gasteiger partial charge in [-0.05, 0) is 61.7 Å². The predicted molar refractivity (Wildman–Crippen MR) is 114 cm³/mol. The van der Waals surface area contributed by atoms with Crippen molar-refractivity contribution in [2.45, 2.75) is 19.4 Å². The highest BCUT2D eigenvalue weighted by molar-refractivity contribution is 6.30. The Kier molecular flexibility index (Phi) is 5.60. The van der Waals surface area contributed by atoms with Gasteiger partial charge in [0.15, 0.2) is 0 Å². The predicted octanol–water partition coefficient (Wildman–Crippen LogP) is 4.88. The number of aryl methyl sites for hydroxylation is 1. The molecule has 0 atom stereocenters. The number of nitrogens with zero attached hydrogens (tertiary/aromatic N) is 3. The van der Waals surface area contributed by atoms with Gasteiger partial charge < -0.3 is 0 Å². The highest BCUT2D eigenvalue weighted by Gasteiger charge is 2.18. The van der Waals surface area contributed by atoms with E-state index in [4.69, 9.17) is 11.6 Å². The third-order valence-corrected chi connectivity index (χ3v) is 5.71. The third kappa shape index (κ3) is 4.18. The zero-order chi connectivity index (χ0) is 19.5. The van der Waals surface area contributed by atoms with E-state index in [1.807, 2.05) is 43.4 Å². The number of ketones is 1. The van der Waals surface area contributed by atoms with E-state index in [2.05, 4.69) is 28.2 Å². The van der Waals surface area contributed by atoms with Crippen LogP contribution in [-0.4, -0.2) is 33.6 Å². The molecule has 0 saturated carbocycles. The van der Waals surface area contributed by atoms with Crippen LogP contribution >= 0.6 is 11.6 Å². The average Bonchev–Trinajstić information content (AvgIpc) is 3.06. The van der Waals surface area contributed by atoms with Gasteiger partial charge in [0, 0.05) is 24.0 Å². The molecule has 2 aromatic carbocycles. The molecular formula is C23H24ClN3O. The Labute approximate surface area is 170 Å². The standard InChI is InChI=1S/C23H24ClN3O/c1-26-21-5-3-2-4-20(21)23(25-26)22(28)11-8-17-12-14-27(15-13-17)16-18-6-9-19(24)10-7-18/h2-11,17H,12-16H2,1H3. The van der Waals surface area contributed by atoms with E-state index in [-0.39, 0.29) is 5.78 Å². The molecule has 5 heteroatoms. The average molecular weight is 394 g/mol. The fourth-order valence-electron chi connectivity index (χ4n) is 3.85. The molecule has 1 aliphatic heterocycles. The number of carbonyl (C=O) groups is 1. The van der Waals surface area contributed by atoms with Crippen molar-refractivity contribution in [3.05, 3.63) is 77.0 Å². The molecule has 3 aromatic rings. The molecule has 4 nitrogen and oxygen atoms in total. The molecular weight excluding hydrogens is 370 g/mol. The molecule has 0 unspecified atom stereocenters. The van der Waals surface area contributed by atoms with Gasteiger partial charge in [-0.15, -0.1) is 0 Å². The van der Waals surface area contributed by atoms with Crippen LogP contribution in [0.4, 0.5) is 0 Å². The van der Waals surface area contributed by atoms with E-state index < -0.39 is 0 Å². The molecule has 0 radical (unpaired) electrons. The van der Waals surface area contributed by atoms with Gasteiger partial charge >= 0.3 is 0 Å². The van der Waals surface area contributed by atoms with Gasteiger partial charge in [-0.25, -0.2) is 0 Å². The molecule has 1 aliphatic rings. The van der Waals surface area contributed by atoms with Crippen LogP contribution in [-0.2, 0) is 13.6 Å². The van der Waals surface area contributed by atoms with Crippen molar-refractivity contribution in [2.75, 3.05) is 13.1 Å². The van der Waals surface area contributed by atoms with Crippen LogP contribution in [0.3, 0.4) is 0 Å². The largest absolute Gasteiger partial charge is 0.299 e. The third-order valence-electron chi connectivity index (χ3n) is 5.46. The van der Waals surface area contributed by atoms with Crippen molar-refractivity contribution < 1.29 is 4.79 Å². The maximum absolute atomic E-state index is 12.7. The maximum atomic E-state index is 12.7. The molecule has 0 bridgehead atoms. The van der Waals surface area contributed by atoms with Crippen LogP contribution in [0, 0.1) is 5.92 Å². The number of likely N-dealkylation sites (tertiary alicyclic amines) is 1. The molecule has 4 rings (SSSR count). The second kappa shape index (κ2) is 8.29. The Hall–Kier alpha value is -2.43. The molecule has 0 aliphatic carbocycles. The van der Waals surface area contributed by atoms with Gasteiger partial charge in [-0.1, -0.05) is 48.0 Å². The number of carbonyl (C=O) groups excluding carboxylic acids is 1. The quantitative estimate of drug-likeness (QED) is 0.458. The summed E-state index contributed by atoms with van der Waals surface area (Å²) < 4.78 is 1.77. The fraction of sp³-hybridized carbons (Fsp3) is 0.304.